The first-order valence-electron chi connectivity index (χ1n) is 6.63. The van der Waals surface area contributed by atoms with E-state index in [1.165, 1.54) is 19.2 Å². The smallest absolute Gasteiger partial charge is 0.329 e. The van der Waals surface area contributed by atoms with Crippen molar-refractivity contribution in [1.82, 2.24) is 5.32 Å². The second-order valence-electron chi connectivity index (χ2n) is 5.02. The summed E-state index contributed by atoms with van der Waals surface area (Å²) in [4.78, 5) is 23.2. The van der Waals surface area contributed by atoms with Crippen LogP contribution in [0.3, 0.4) is 0 Å². The van der Waals surface area contributed by atoms with Crippen molar-refractivity contribution in [2.75, 3.05) is 12.4 Å². The lowest BCUT2D eigenvalue weighted by molar-refractivity contribution is -0.144. The van der Waals surface area contributed by atoms with Gasteiger partial charge in [0.05, 0.1) is 7.11 Å². The highest BCUT2D eigenvalue weighted by atomic mass is 19.1. The number of carbonyl (C=O) groups is 2. The molecule has 0 atom stereocenters. The molecular weight excluding hydrogens is 279 g/mol. The Morgan fingerprint density at radius 3 is 2.52 bits per heavy atom. The van der Waals surface area contributed by atoms with Crippen molar-refractivity contribution in [1.29, 1.82) is 0 Å². The highest BCUT2D eigenvalue weighted by molar-refractivity contribution is 5.94. The lowest BCUT2D eigenvalue weighted by Gasteiger charge is -2.25. The van der Waals surface area contributed by atoms with E-state index < -0.39 is 23.4 Å². The third kappa shape index (κ3) is 3.24. The Kier molecular flexibility index (Phi) is 4.30. The van der Waals surface area contributed by atoms with Crippen molar-refractivity contribution in [3.8, 4) is 5.75 Å². The number of urea groups is 1. The van der Waals surface area contributed by atoms with E-state index in [9.17, 15) is 19.1 Å². The molecule has 0 bridgehead atoms. The quantitative estimate of drug-likeness (QED) is 0.796. The Bertz CT molecular complexity index is 556. The zero-order chi connectivity index (χ0) is 15.5. The van der Waals surface area contributed by atoms with Crippen molar-refractivity contribution in [3.63, 3.8) is 0 Å². The molecule has 1 fully saturated rings. The summed E-state index contributed by atoms with van der Waals surface area (Å²) in [6.45, 7) is 0. The standard InChI is InChI=1S/C14H17FN2O4/c1-21-11-5-4-9(8-10(11)15)16-13(20)17-14(12(18)19)6-2-3-7-14/h4-5,8H,2-3,6-7H2,1H3,(H,18,19)(H2,16,17,20). The normalized spacial score (nSPS) is 16.3. The number of anilines is 1. The number of amides is 2. The third-order valence-corrected chi connectivity index (χ3v) is 3.63. The molecule has 6 nitrogen and oxygen atoms in total. The number of halogens is 1. The average molecular weight is 296 g/mol. The van der Waals surface area contributed by atoms with Crippen LogP contribution >= 0.6 is 0 Å². The maximum atomic E-state index is 13.5. The molecular formula is C14H17FN2O4. The minimum atomic E-state index is -1.23. The van der Waals surface area contributed by atoms with Gasteiger partial charge in [-0.25, -0.2) is 14.0 Å². The van der Waals surface area contributed by atoms with Crippen LogP contribution in [0.15, 0.2) is 18.2 Å². The summed E-state index contributed by atoms with van der Waals surface area (Å²) in [5.41, 5.74) is -1.00. The Hall–Kier alpha value is -2.31. The molecule has 0 radical (unpaired) electrons. The number of hydrogen-bond donors (Lipinski definition) is 3. The minimum absolute atomic E-state index is 0.0683. The van der Waals surface area contributed by atoms with Crippen LogP contribution in [0.4, 0.5) is 14.9 Å². The van der Waals surface area contributed by atoms with Crippen LogP contribution < -0.4 is 15.4 Å². The first-order chi connectivity index (χ1) is 9.97. The molecule has 2 amide bonds. The molecule has 0 heterocycles. The summed E-state index contributed by atoms with van der Waals surface area (Å²) in [6, 6.07) is 3.31. The summed E-state index contributed by atoms with van der Waals surface area (Å²) in [5, 5.41) is 14.2. The Morgan fingerprint density at radius 1 is 1.33 bits per heavy atom. The van der Waals surface area contributed by atoms with Crippen LogP contribution in [0.1, 0.15) is 25.7 Å². The second kappa shape index (κ2) is 5.99. The summed E-state index contributed by atoms with van der Waals surface area (Å²) >= 11 is 0. The van der Waals surface area contributed by atoms with Gasteiger partial charge in [-0.1, -0.05) is 12.8 Å². The van der Waals surface area contributed by atoms with Gasteiger partial charge in [-0.3, -0.25) is 0 Å². The van der Waals surface area contributed by atoms with Gasteiger partial charge in [0.1, 0.15) is 5.54 Å². The molecule has 1 aromatic rings. The summed E-state index contributed by atoms with van der Waals surface area (Å²) < 4.78 is 18.3. The van der Waals surface area contributed by atoms with E-state index in [1.54, 1.807) is 0 Å². The van der Waals surface area contributed by atoms with Crippen LogP contribution in [0.25, 0.3) is 0 Å². The topological polar surface area (TPSA) is 87.7 Å². The molecule has 0 spiro atoms. The molecule has 1 aliphatic carbocycles. The molecule has 7 heteroatoms. The van der Waals surface area contributed by atoms with Crippen molar-refractivity contribution in [2.24, 2.45) is 0 Å². The lowest BCUT2D eigenvalue weighted by Crippen LogP contribution is -2.53. The van der Waals surface area contributed by atoms with Crippen molar-refractivity contribution < 1.29 is 23.8 Å². The predicted octanol–water partition coefficient (Wildman–Crippen LogP) is 2.35. The van der Waals surface area contributed by atoms with Gasteiger partial charge in [0.25, 0.3) is 0 Å². The highest BCUT2D eigenvalue weighted by Gasteiger charge is 2.42. The maximum Gasteiger partial charge on any atom is 0.329 e. The van der Waals surface area contributed by atoms with E-state index in [-0.39, 0.29) is 11.4 Å². The van der Waals surface area contributed by atoms with E-state index in [4.69, 9.17) is 4.74 Å². The van der Waals surface area contributed by atoms with E-state index in [2.05, 4.69) is 10.6 Å². The molecule has 1 saturated carbocycles. The number of ether oxygens (including phenoxy) is 1. The Morgan fingerprint density at radius 2 is 2.00 bits per heavy atom. The minimum Gasteiger partial charge on any atom is -0.494 e. The van der Waals surface area contributed by atoms with Crippen LogP contribution in [-0.2, 0) is 4.79 Å². The van der Waals surface area contributed by atoms with Crippen LogP contribution in [0.5, 0.6) is 5.75 Å². The van der Waals surface area contributed by atoms with Gasteiger partial charge < -0.3 is 20.5 Å². The Balaban J connectivity index is 2.04. The monoisotopic (exact) mass is 296 g/mol. The highest BCUT2D eigenvalue weighted by Crippen LogP contribution is 2.30. The van der Waals surface area contributed by atoms with E-state index in [1.807, 2.05) is 0 Å². The van der Waals surface area contributed by atoms with Crippen molar-refractivity contribution in [3.05, 3.63) is 24.0 Å². The largest absolute Gasteiger partial charge is 0.494 e. The van der Waals surface area contributed by atoms with Gasteiger partial charge in [-0.05, 0) is 25.0 Å². The van der Waals surface area contributed by atoms with Crippen LogP contribution in [-0.4, -0.2) is 29.8 Å². The summed E-state index contributed by atoms with van der Waals surface area (Å²) in [5.74, 6) is -1.58. The average Bonchev–Trinajstić information content (AvgIpc) is 2.88. The first-order valence-corrected chi connectivity index (χ1v) is 6.63. The molecule has 0 aliphatic heterocycles. The van der Waals surface area contributed by atoms with Crippen LogP contribution in [0.2, 0.25) is 0 Å². The van der Waals surface area contributed by atoms with E-state index in [0.29, 0.717) is 12.8 Å². The molecule has 1 aliphatic rings. The number of rotatable bonds is 4. The van der Waals surface area contributed by atoms with Gasteiger partial charge in [0.2, 0.25) is 0 Å². The van der Waals surface area contributed by atoms with Gasteiger partial charge >= 0.3 is 12.0 Å². The molecule has 3 N–H and O–H groups in total. The predicted molar refractivity (Wildman–Crippen MR) is 73.9 cm³/mol. The first kappa shape index (κ1) is 15.1. The summed E-state index contributed by atoms with van der Waals surface area (Å²) in [6.07, 6.45) is 2.30. The molecule has 21 heavy (non-hydrogen) atoms. The number of nitrogens with one attached hydrogen (secondary N) is 2. The zero-order valence-electron chi connectivity index (χ0n) is 11.6. The van der Waals surface area contributed by atoms with Crippen LogP contribution in [0, 0.1) is 5.82 Å². The number of aliphatic carboxylic acids is 1. The molecule has 2 rings (SSSR count). The number of carbonyl (C=O) groups excluding carboxylic acids is 1. The van der Waals surface area contributed by atoms with Gasteiger partial charge in [-0.2, -0.15) is 0 Å². The van der Waals surface area contributed by atoms with Crippen molar-refractivity contribution >= 4 is 17.7 Å². The fraction of sp³-hybridized carbons (Fsp3) is 0.429. The summed E-state index contributed by atoms with van der Waals surface area (Å²) in [7, 11) is 1.34. The third-order valence-electron chi connectivity index (χ3n) is 3.63. The zero-order valence-corrected chi connectivity index (χ0v) is 11.6. The molecule has 1 aromatic carbocycles. The SMILES string of the molecule is COc1ccc(NC(=O)NC2(C(=O)O)CCCC2)cc1F. The van der Waals surface area contributed by atoms with Crippen molar-refractivity contribution in [2.45, 2.75) is 31.2 Å². The molecule has 0 aromatic heterocycles. The number of methoxy groups -OCH3 is 1. The molecule has 0 saturated heterocycles. The van der Waals surface area contributed by atoms with Gasteiger partial charge in [-0.15, -0.1) is 0 Å². The molecule has 0 unspecified atom stereocenters. The van der Waals surface area contributed by atoms with E-state index in [0.717, 1.165) is 18.9 Å². The number of benzene rings is 1. The maximum absolute atomic E-state index is 13.5. The second-order valence-corrected chi connectivity index (χ2v) is 5.02. The number of hydrogen-bond acceptors (Lipinski definition) is 3. The number of carboxylic acids is 1. The molecule has 114 valence electrons. The van der Waals surface area contributed by atoms with Gasteiger partial charge in [0.15, 0.2) is 11.6 Å². The Labute approximate surface area is 121 Å². The van der Waals surface area contributed by atoms with E-state index >= 15 is 0 Å². The van der Waals surface area contributed by atoms with Gasteiger partial charge in [0, 0.05) is 11.8 Å². The fourth-order valence-electron chi connectivity index (χ4n) is 2.49. The lowest BCUT2D eigenvalue weighted by atomic mass is 9.98. The number of carboxylic acid groups (broad SMARTS) is 1. The fourth-order valence-corrected chi connectivity index (χ4v) is 2.49.